The van der Waals surface area contributed by atoms with Crippen LogP contribution in [0.4, 0.5) is 5.69 Å². The van der Waals surface area contributed by atoms with Crippen LogP contribution in [0.1, 0.15) is 32.8 Å². The van der Waals surface area contributed by atoms with E-state index in [1.54, 1.807) is 11.8 Å². The van der Waals surface area contributed by atoms with Crippen LogP contribution in [0, 0.1) is 17.2 Å². The first kappa shape index (κ1) is 17.9. The van der Waals surface area contributed by atoms with Crippen molar-refractivity contribution >= 4 is 17.4 Å². The molecule has 0 bridgehead atoms. The molecule has 0 saturated heterocycles. The Balaban J connectivity index is 2.97. The fourth-order valence-electron chi connectivity index (χ4n) is 2.45. The fourth-order valence-corrected chi connectivity index (χ4v) is 3.24. The first-order chi connectivity index (χ1) is 9.97. The molecule has 1 N–H and O–H groups in total. The molecular weight excluding hydrogens is 278 g/mol. The molecule has 0 saturated carbocycles. The topological polar surface area (TPSA) is 39.1 Å². The van der Waals surface area contributed by atoms with E-state index >= 15 is 0 Å². The molecule has 1 atom stereocenters. The normalized spacial score (nSPS) is 12.5. The van der Waals surface area contributed by atoms with Crippen LogP contribution in [0.15, 0.2) is 23.1 Å². The van der Waals surface area contributed by atoms with Crippen molar-refractivity contribution in [2.45, 2.75) is 38.1 Å². The van der Waals surface area contributed by atoms with E-state index < -0.39 is 0 Å². The summed E-state index contributed by atoms with van der Waals surface area (Å²) in [7, 11) is 4.17. The lowest BCUT2D eigenvalue weighted by atomic mass is 10.0. The molecule has 0 aliphatic rings. The molecule has 0 aliphatic heterocycles. The summed E-state index contributed by atoms with van der Waals surface area (Å²) in [5, 5.41) is 13.1. The third-order valence-electron chi connectivity index (χ3n) is 3.14. The maximum atomic E-state index is 9.49. The highest BCUT2D eigenvalue weighted by Crippen LogP contribution is 2.28. The van der Waals surface area contributed by atoms with Crippen LogP contribution in [-0.2, 0) is 0 Å². The number of nitriles is 1. The van der Waals surface area contributed by atoms with Crippen LogP contribution in [0.3, 0.4) is 0 Å². The van der Waals surface area contributed by atoms with Gasteiger partial charge in [-0.2, -0.15) is 5.26 Å². The van der Waals surface area contributed by atoms with Crippen molar-refractivity contribution in [1.82, 2.24) is 4.90 Å². The van der Waals surface area contributed by atoms with Crippen LogP contribution in [0.5, 0.6) is 0 Å². The SMILES string of the molecule is CCSc1cccc(NC(CC(C)C)CN(C)C)c1C#N. The van der Waals surface area contributed by atoms with Crippen LogP contribution in [-0.4, -0.2) is 37.3 Å². The van der Waals surface area contributed by atoms with E-state index in [4.69, 9.17) is 0 Å². The second-order valence-corrected chi connectivity index (χ2v) is 7.26. The fraction of sp³-hybridized carbons (Fsp3) is 0.588. The highest BCUT2D eigenvalue weighted by molar-refractivity contribution is 7.99. The molecule has 0 spiro atoms. The zero-order valence-corrected chi connectivity index (χ0v) is 14.6. The molecule has 0 aromatic heterocycles. The van der Waals surface area contributed by atoms with Crippen molar-refractivity contribution in [3.63, 3.8) is 0 Å². The number of nitrogens with one attached hydrogen (secondary N) is 1. The lowest BCUT2D eigenvalue weighted by Crippen LogP contribution is -2.33. The molecule has 0 radical (unpaired) electrons. The van der Waals surface area contributed by atoms with E-state index in [-0.39, 0.29) is 0 Å². The van der Waals surface area contributed by atoms with Gasteiger partial charge in [0.05, 0.1) is 11.3 Å². The third kappa shape index (κ3) is 5.99. The number of anilines is 1. The molecule has 21 heavy (non-hydrogen) atoms. The van der Waals surface area contributed by atoms with Crippen molar-refractivity contribution in [2.75, 3.05) is 31.7 Å². The Morgan fingerprint density at radius 3 is 2.57 bits per heavy atom. The average Bonchev–Trinajstić information content (AvgIpc) is 2.37. The van der Waals surface area contributed by atoms with Gasteiger partial charge in [0.25, 0.3) is 0 Å². The average molecular weight is 305 g/mol. The Kier molecular flexibility index (Phi) is 7.63. The minimum atomic E-state index is 0.356. The summed E-state index contributed by atoms with van der Waals surface area (Å²) in [4.78, 5) is 3.26. The van der Waals surface area contributed by atoms with Crippen molar-refractivity contribution in [3.8, 4) is 6.07 Å². The second-order valence-electron chi connectivity index (χ2n) is 5.96. The molecule has 0 aliphatic carbocycles. The number of benzene rings is 1. The van der Waals surface area contributed by atoms with Crippen molar-refractivity contribution in [1.29, 1.82) is 5.26 Å². The molecule has 1 aromatic carbocycles. The molecular formula is C17H27N3S. The van der Waals surface area contributed by atoms with Gasteiger partial charge in [-0.1, -0.05) is 26.8 Å². The summed E-state index contributed by atoms with van der Waals surface area (Å²) >= 11 is 1.72. The largest absolute Gasteiger partial charge is 0.380 e. The van der Waals surface area contributed by atoms with E-state index in [1.165, 1.54) is 0 Å². The summed E-state index contributed by atoms with van der Waals surface area (Å²) in [5.74, 6) is 1.60. The van der Waals surface area contributed by atoms with Gasteiger partial charge in [0.15, 0.2) is 0 Å². The molecule has 4 heteroatoms. The van der Waals surface area contributed by atoms with Gasteiger partial charge in [0.1, 0.15) is 6.07 Å². The van der Waals surface area contributed by atoms with Crippen molar-refractivity contribution in [2.24, 2.45) is 5.92 Å². The van der Waals surface area contributed by atoms with E-state index in [9.17, 15) is 5.26 Å². The number of rotatable bonds is 8. The molecule has 1 rings (SSSR count). The van der Waals surface area contributed by atoms with Gasteiger partial charge >= 0.3 is 0 Å². The van der Waals surface area contributed by atoms with E-state index in [0.717, 1.165) is 34.9 Å². The lowest BCUT2D eigenvalue weighted by Gasteiger charge is -2.25. The number of likely N-dealkylation sites (N-methyl/N-ethyl adjacent to an activating group) is 1. The summed E-state index contributed by atoms with van der Waals surface area (Å²) in [6.07, 6.45) is 1.09. The maximum absolute atomic E-state index is 9.49. The molecule has 0 amide bonds. The smallest absolute Gasteiger partial charge is 0.102 e. The van der Waals surface area contributed by atoms with Crippen molar-refractivity contribution in [3.05, 3.63) is 23.8 Å². The summed E-state index contributed by atoms with van der Waals surface area (Å²) < 4.78 is 0. The predicted octanol–water partition coefficient (Wildman–Crippen LogP) is 4.06. The van der Waals surface area contributed by atoms with Crippen LogP contribution in [0.2, 0.25) is 0 Å². The van der Waals surface area contributed by atoms with E-state index in [0.29, 0.717) is 12.0 Å². The van der Waals surface area contributed by atoms with Crippen LogP contribution < -0.4 is 5.32 Å². The van der Waals surface area contributed by atoms with Crippen LogP contribution >= 0.6 is 11.8 Å². The summed E-state index contributed by atoms with van der Waals surface area (Å²) in [6.45, 7) is 7.55. The van der Waals surface area contributed by atoms with E-state index in [1.807, 2.05) is 18.2 Å². The Morgan fingerprint density at radius 2 is 2.05 bits per heavy atom. The lowest BCUT2D eigenvalue weighted by molar-refractivity contribution is 0.356. The second kappa shape index (κ2) is 8.96. The molecule has 1 aromatic rings. The Labute approximate surface area is 133 Å². The van der Waals surface area contributed by atoms with Gasteiger partial charge < -0.3 is 10.2 Å². The first-order valence-corrected chi connectivity index (χ1v) is 8.53. The van der Waals surface area contributed by atoms with Crippen molar-refractivity contribution < 1.29 is 0 Å². The molecule has 3 nitrogen and oxygen atoms in total. The molecule has 0 heterocycles. The van der Waals surface area contributed by atoms with Gasteiger partial charge in [-0.25, -0.2) is 0 Å². The molecule has 1 unspecified atom stereocenters. The zero-order chi connectivity index (χ0) is 15.8. The highest BCUT2D eigenvalue weighted by atomic mass is 32.2. The Bertz CT molecular complexity index is 467. The number of hydrogen-bond acceptors (Lipinski definition) is 4. The van der Waals surface area contributed by atoms with Gasteiger partial charge in [0.2, 0.25) is 0 Å². The first-order valence-electron chi connectivity index (χ1n) is 7.55. The van der Waals surface area contributed by atoms with Gasteiger partial charge in [0, 0.05) is 17.5 Å². The molecule has 116 valence electrons. The number of hydrogen-bond donors (Lipinski definition) is 1. The summed E-state index contributed by atoms with van der Waals surface area (Å²) in [6, 6.07) is 8.79. The standard InChI is InChI=1S/C17H27N3S/c1-6-21-17-9-7-8-16(15(17)11-18)19-14(10-13(2)3)12-20(4)5/h7-9,13-14,19H,6,10,12H2,1-5H3. The highest BCUT2D eigenvalue weighted by Gasteiger charge is 2.15. The van der Waals surface area contributed by atoms with Gasteiger partial charge in [-0.3, -0.25) is 0 Å². The maximum Gasteiger partial charge on any atom is 0.102 e. The monoisotopic (exact) mass is 305 g/mol. The minimum absolute atomic E-state index is 0.356. The number of nitrogens with zero attached hydrogens (tertiary/aromatic N) is 2. The van der Waals surface area contributed by atoms with Gasteiger partial charge in [-0.05, 0) is 44.3 Å². The predicted molar refractivity (Wildman–Crippen MR) is 93.0 cm³/mol. The minimum Gasteiger partial charge on any atom is -0.380 e. The zero-order valence-electron chi connectivity index (χ0n) is 13.8. The molecule has 0 fully saturated rings. The van der Waals surface area contributed by atoms with Crippen LogP contribution in [0.25, 0.3) is 0 Å². The Morgan fingerprint density at radius 1 is 1.33 bits per heavy atom. The summed E-state index contributed by atoms with van der Waals surface area (Å²) in [5.41, 5.74) is 1.74. The third-order valence-corrected chi connectivity index (χ3v) is 4.08. The van der Waals surface area contributed by atoms with Gasteiger partial charge in [-0.15, -0.1) is 11.8 Å². The quantitative estimate of drug-likeness (QED) is 0.735. The van der Waals surface area contributed by atoms with E-state index in [2.05, 4.69) is 51.2 Å². The Hall–Kier alpha value is -1.18. The number of thioether (sulfide) groups is 1.